The van der Waals surface area contributed by atoms with Gasteiger partial charge >= 0.3 is 0 Å². The standard InChI is InChI=1S/C24H49Br2N.2BrH/c1-2-3-4-5-6-7-10-13-16-19-22-27-23-20-17-14-11-8-9-12-15-18-21-24(25)26;;/h24,27H,2-23H2,1H3;2*1H/p-1. The Kier molecular flexibility index (Phi) is 39.2. The number of alkyl halides is 2. The van der Waals surface area contributed by atoms with Gasteiger partial charge in [0.05, 0.1) is 16.8 Å². The molecule has 0 heterocycles. The van der Waals surface area contributed by atoms with Crippen molar-refractivity contribution in [3.8, 4) is 0 Å². The molecular formula is C24H50Br4N-. The second kappa shape index (κ2) is 32.1. The lowest BCUT2D eigenvalue weighted by atomic mass is 10.1. The lowest BCUT2D eigenvalue weighted by Crippen LogP contribution is -3.00. The van der Waals surface area contributed by atoms with Gasteiger partial charge in [-0.3, -0.25) is 0 Å². The van der Waals surface area contributed by atoms with Crippen molar-refractivity contribution in [1.29, 1.82) is 0 Å². The fraction of sp³-hybridized carbons (Fsp3) is 1.00. The van der Waals surface area contributed by atoms with Crippen LogP contribution in [0.5, 0.6) is 0 Å². The molecule has 0 aromatic heterocycles. The average molecular weight is 672 g/mol. The second-order valence-electron chi connectivity index (χ2n) is 8.41. The third-order valence-electron chi connectivity index (χ3n) is 5.59. The first-order valence-corrected chi connectivity index (χ1v) is 14.2. The van der Waals surface area contributed by atoms with Crippen LogP contribution in [0.3, 0.4) is 0 Å². The van der Waals surface area contributed by atoms with Crippen LogP contribution >= 0.6 is 31.9 Å². The maximum Gasteiger partial charge on any atom is 0.0755 e. The van der Waals surface area contributed by atoms with Gasteiger partial charge in [0.2, 0.25) is 0 Å². The summed E-state index contributed by atoms with van der Waals surface area (Å²) in [4.78, 5) is 0. The zero-order chi connectivity index (χ0) is 19.8. The van der Waals surface area contributed by atoms with Gasteiger partial charge in [0.15, 0.2) is 0 Å². The van der Waals surface area contributed by atoms with Crippen LogP contribution < -0.4 is 39.3 Å². The Labute approximate surface area is 221 Å². The number of nitrogens with two attached hydrogens (primary N) is 1. The molecule has 0 rings (SSSR count). The highest BCUT2D eigenvalue weighted by Crippen LogP contribution is 2.17. The van der Waals surface area contributed by atoms with Crippen molar-refractivity contribution in [2.24, 2.45) is 0 Å². The number of hydrogen-bond acceptors (Lipinski definition) is 0. The summed E-state index contributed by atoms with van der Waals surface area (Å²) in [6, 6.07) is 0. The van der Waals surface area contributed by atoms with E-state index in [-0.39, 0.29) is 34.0 Å². The Hall–Kier alpha value is 1.88. The van der Waals surface area contributed by atoms with Crippen molar-refractivity contribution in [2.45, 2.75) is 139 Å². The van der Waals surface area contributed by atoms with Gasteiger partial charge in [0.25, 0.3) is 0 Å². The SMILES string of the molecule is CCCCCCCCCCCC[NH2+]CCCCCCCCCCCC(Br)Br.[Br-].[Br-]. The molecule has 0 aromatic carbocycles. The van der Waals surface area contributed by atoms with E-state index in [0.29, 0.717) is 3.74 Å². The lowest BCUT2D eigenvalue weighted by Gasteiger charge is -2.04. The zero-order valence-electron chi connectivity index (χ0n) is 19.2. The Bertz CT molecular complexity index is 265. The molecule has 2 N–H and O–H groups in total. The summed E-state index contributed by atoms with van der Waals surface area (Å²) in [5.41, 5.74) is 0. The van der Waals surface area contributed by atoms with Gasteiger partial charge in [-0.1, -0.05) is 135 Å². The summed E-state index contributed by atoms with van der Waals surface area (Å²) in [6.45, 7) is 5.02. The van der Waals surface area contributed by atoms with Crippen molar-refractivity contribution >= 4 is 31.9 Å². The van der Waals surface area contributed by atoms with E-state index in [1.807, 2.05) is 0 Å². The summed E-state index contributed by atoms with van der Waals surface area (Å²) < 4.78 is 0.520. The molecule has 0 unspecified atom stereocenters. The van der Waals surface area contributed by atoms with E-state index in [9.17, 15) is 0 Å². The van der Waals surface area contributed by atoms with Crippen LogP contribution in [0.15, 0.2) is 0 Å². The molecule has 0 amide bonds. The molecule has 0 radical (unpaired) electrons. The molecule has 0 saturated heterocycles. The molecule has 5 heteroatoms. The molecule has 0 spiro atoms. The van der Waals surface area contributed by atoms with Crippen molar-refractivity contribution < 1.29 is 39.3 Å². The molecule has 0 bridgehead atoms. The van der Waals surface area contributed by atoms with Crippen molar-refractivity contribution in [1.82, 2.24) is 0 Å². The predicted octanol–water partition coefficient (Wildman–Crippen LogP) is 2.50. The smallest absolute Gasteiger partial charge is 0.0755 e. The molecule has 0 aliphatic heterocycles. The third-order valence-corrected chi connectivity index (χ3v) is 6.51. The molecule has 0 fully saturated rings. The maximum atomic E-state index is 3.55. The van der Waals surface area contributed by atoms with Crippen LogP contribution in [0.4, 0.5) is 0 Å². The summed E-state index contributed by atoms with van der Waals surface area (Å²) >= 11 is 7.09. The molecule has 0 atom stereocenters. The molecule has 0 aliphatic carbocycles. The first-order valence-electron chi connectivity index (χ1n) is 12.4. The minimum absolute atomic E-state index is 0. The van der Waals surface area contributed by atoms with Crippen molar-refractivity contribution in [3.63, 3.8) is 0 Å². The highest BCUT2D eigenvalue weighted by atomic mass is 79.9. The van der Waals surface area contributed by atoms with Gasteiger partial charge in [-0.05, 0) is 32.1 Å². The van der Waals surface area contributed by atoms with Gasteiger partial charge in [-0.15, -0.1) is 0 Å². The molecular weight excluding hydrogens is 622 g/mol. The van der Waals surface area contributed by atoms with Gasteiger partial charge < -0.3 is 39.3 Å². The van der Waals surface area contributed by atoms with E-state index < -0.39 is 0 Å². The van der Waals surface area contributed by atoms with Crippen LogP contribution in [0.25, 0.3) is 0 Å². The Balaban J connectivity index is -0.00000338. The molecule has 0 saturated carbocycles. The van der Waals surface area contributed by atoms with Crippen LogP contribution in [0.1, 0.15) is 135 Å². The van der Waals surface area contributed by atoms with Crippen LogP contribution in [-0.4, -0.2) is 16.8 Å². The summed E-state index contributed by atoms with van der Waals surface area (Å²) in [5.74, 6) is 0. The first-order chi connectivity index (χ1) is 13.3. The quantitative estimate of drug-likeness (QED) is 0.127. The van der Waals surface area contributed by atoms with E-state index in [1.165, 1.54) is 142 Å². The maximum absolute atomic E-state index is 3.55. The third kappa shape index (κ3) is 34.7. The normalized spacial score (nSPS) is 10.8. The molecule has 0 aromatic rings. The van der Waals surface area contributed by atoms with Crippen LogP contribution in [0.2, 0.25) is 0 Å². The van der Waals surface area contributed by atoms with Gasteiger partial charge in [-0.25, -0.2) is 0 Å². The summed E-state index contributed by atoms with van der Waals surface area (Å²) in [5, 5.41) is 2.56. The topological polar surface area (TPSA) is 16.6 Å². The fourth-order valence-electron chi connectivity index (χ4n) is 3.75. The molecule has 1 nitrogen and oxygen atoms in total. The minimum atomic E-state index is 0. The van der Waals surface area contributed by atoms with E-state index in [0.717, 1.165) is 0 Å². The number of rotatable bonds is 23. The highest BCUT2D eigenvalue weighted by molar-refractivity contribution is 9.24. The second-order valence-corrected chi connectivity index (χ2v) is 11.8. The number of quaternary nitrogens is 1. The number of halogens is 4. The van der Waals surface area contributed by atoms with Gasteiger partial charge in [0, 0.05) is 0 Å². The van der Waals surface area contributed by atoms with E-state index >= 15 is 0 Å². The average Bonchev–Trinajstić information content (AvgIpc) is 2.65. The Morgan fingerprint density at radius 1 is 0.483 bits per heavy atom. The van der Waals surface area contributed by atoms with E-state index in [1.54, 1.807) is 0 Å². The monoisotopic (exact) mass is 668 g/mol. The Morgan fingerprint density at radius 3 is 1.14 bits per heavy atom. The van der Waals surface area contributed by atoms with Gasteiger partial charge in [-0.2, -0.15) is 0 Å². The Morgan fingerprint density at radius 2 is 0.793 bits per heavy atom. The predicted molar refractivity (Wildman–Crippen MR) is 131 cm³/mol. The van der Waals surface area contributed by atoms with E-state index in [2.05, 4.69) is 44.1 Å². The molecule has 180 valence electrons. The van der Waals surface area contributed by atoms with Crippen molar-refractivity contribution in [3.05, 3.63) is 0 Å². The van der Waals surface area contributed by atoms with Crippen LogP contribution in [-0.2, 0) is 0 Å². The number of unbranched alkanes of at least 4 members (excludes halogenated alkanes) is 17. The largest absolute Gasteiger partial charge is 1.00 e. The fourth-order valence-corrected chi connectivity index (χ4v) is 4.39. The highest BCUT2D eigenvalue weighted by Gasteiger charge is 1.98. The first kappa shape index (κ1) is 35.5. The summed E-state index contributed by atoms with van der Waals surface area (Å²) in [7, 11) is 0. The van der Waals surface area contributed by atoms with Crippen LogP contribution in [0, 0.1) is 0 Å². The minimum Gasteiger partial charge on any atom is -1.00 e. The molecule has 29 heavy (non-hydrogen) atoms. The number of hydrogen-bond donors (Lipinski definition) is 1. The molecule has 0 aliphatic rings. The summed E-state index contributed by atoms with van der Waals surface area (Å²) in [6.07, 6.45) is 28.6. The lowest BCUT2D eigenvalue weighted by molar-refractivity contribution is -0.655. The van der Waals surface area contributed by atoms with Gasteiger partial charge in [0.1, 0.15) is 0 Å². The van der Waals surface area contributed by atoms with Crippen molar-refractivity contribution in [2.75, 3.05) is 13.1 Å². The zero-order valence-corrected chi connectivity index (χ0v) is 25.6. The van der Waals surface area contributed by atoms with E-state index in [4.69, 9.17) is 0 Å².